The molecular formula is C16H21N3O3. The van der Waals surface area contributed by atoms with E-state index in [1.807, 2.05) is 42.9 Å². The first-order chi connectivity index (χ1) is 10.6. The number of nitrogens with zero attached hydrogens (tertiary/aromatic N) is 2. The van der Waals surface area contributed by atoms with Crippen molar-refractivity contribution in [2.24, 2.45) is 7.05 Å². The van der Waals surface area contributed by atoms with E-state index >= 15 is 0 Å². The van der Waals surface area contributed by atoms with Crippen LogP contribution in [0.2, 0.25) is 0 Å². The average molecular weight is 303 g/mol. The van der Waals surface area contributed by atoms with Crippen LogP contribution in [0, 0.1) is 0 Å². The van der Waals surface area contributed by atoms with Crippen molar-refractivity contribution in [3.05, 3.63) is 42.0 Å². The zero-order chi connectivity index (χ0) is 16.1. The molecule has 1 amide bonds. The summed E-state index contributed by atoms with van der Waals surface area (Å²) in [5.74, 6) is 1.98. The van der Waals surface area contributed by atoms with Crippen LogP contribution in [0.1, 0.15) is 30.8 Å². The standard InChI is InChI=1S/C16H21N3O3/c1-5-14(20)18-15(16-17-8-9-19(16)2)11-6-7-12(21-3)13(10-11)22-4/h6-10,15H,5H2,1-4H3,(H,18,20). The van der Waals surface area contributed by atoms with E-state index in [0.29, 0.717) is 17.9 Å². The zero-order valence-corrected chi connectivity index (χ0v) is 13.3. The number of rotatable bonds is 6. The second-order valence-corrected chi connectivity index (χ2v) is 4.86. The molecule has 1 aromatic carbocycles. The van der Waals surface area contributed by atoms with Crippen LogP contribution < -0.4 is 14.8 Å². The van der Waals surface area contributed by atoms with Crippen LogP contribution in [0.4, 0.5) is 0 Å². The Bertz CT molecular complexity index is 652. The van der Waals surface area contributed by atoms with E-state index in [9.17, 15) is 4.79 Å². The van der Waals surface area contributed by atoms with Crippen molar-refractivity contribution in [1.29, 1.82) is 0 Å². The van der Waals surface area contributed by atoms with E-state index in [1.165, 1.54) is 0 Å². The molecule has 0 aliphatic heterocycles. The normalized spacial score (nSPS) is 11.8. The Hall–Kier alpha value is -2.50. The molecule has 118 valence electrons. The molecule has 1 unspecified atom stereocenters. The third-order valence-electron chi connectivity index (χ3n) is 3.48. The van der Waals surface area contributed by atoms with Gasteiger partial charge in [-0.25, -0.2) is 4.98 Å². The minimum absolute atomic E-state index is 0.0391. The van der Waals surface area contributed by atoms with Gasteiger partial charge in [-0.2, -0.15) is 0 Å². The number of benzene rings is 1. The lowest BCUT2D eigenvalue weighted by Gasteiger charge is -2.20. The van der Waals surface area contributed by atoms with Crippen molar-refractivity contribution in [2.75, 3.05) is 14.2 Å². The number of aromatic nitrogens is 2. The summed E-state index contributed by atoms with van der Waals surface area (Å²) in [7, 11) is 5.07. The van der Waals surface area contributed by atoms with Crippen LogP contribution in [0.3, 0.4) is 0 Å². The second-order valence-electron chi connectivity index (χ2n) is 4.86. The van der Waals surface area contributed by atoms with Gasteiger partial charge in [0.25, 0.3) is 0 Å². The second kappa shape index (κ2) is 6.98. The summed E-state index contributed by atoms with van der Waals surface area (Å²) in [4.78, 5) is 16.2. The minimum Gasteiger partial charge on any atom is -0.493 e. The van der Waals surface area contributed by atoms with E-state index in [4.69, 9.17) is 9.47 Å². The van der Waals surface area contributed by atoms with Gasteiger partial charge in [0.15, 0.2) is 11.5 Å². The maximum atomic E-state index is 11.9. The first-order valence-electron chi connectivity index (χ1n) is 7.09. The van der Waals surface area contributed by atoms with Crippen LogP contribution in [-0.4, -0.2) is 29.7 Å². The number of carbonyl (C=O) groups is 1. The Kier molecular flexibility index (Phi) is 5.04. The molecule has 2 rings (SSSR count). The predicted octanol–water partition coefficient (Wildman–Crippen LogP) is 2.05. The molecule has 22 heavy (non-hydrogen) atoms. The number of ether oxygens (including phenoxy) is 2. The van der Waals surface area contributed by atoms with E-state index in [-0.39, 0.29) is 11.9 Å². The zero-order valence-electron chi connectivity index (χ0n) is 13.3. The number of nitrogens with one attached hydrogen (secondary N) is 1. The molecule has 0 spiro atoms. The molecule has 0 fully saturated rings. The molecule has 6 heteroatoms. The van der Waals surface area contributed by atoms with Crippen molar-refractivity contribution >= 4 is 5.91 Å². The fourth-order valence-corrected chi connectivity index (χ4v) is 2.25. The molecule has 6 nitrogen and oxygen atoms in total. The first kappa shape index (κ1) is 15.9. The number of amides is 1. The summed E-state index contributed by atoms with van der Waals surface area (Å²) >= 11 is 0. The topological polar surface area (TPSA) is 65.4 Å². The van der Waals surface area contributed by atoms with Crippen LogP contribution in [0.15, 0.2) is 30.6 Å². The van der Waals surface area contributed by atoms with Gasteiger partial charge in [0.05, 0.1) is 14.2 Å². The SMILES string of the molecule is CCC(=O)NC(c1ccc(OC)c(OC)c1)c1nccn1C. The molecule has 0 saturated carbocycles. The van der Waals surface area contributed by atoms with Gasteiger partial charge >= 0.3 is 0 Å². The Morgan fingerprint density at radius 2 is 2.05 bits per heavy atom. The summed E-state index contributed by atoms with van der Waals surface area (Å²) in [6.45, 7) is 1.82. The lowest BCUT2D eigenvalue weighted by atomic mass is 10.0. The van der Waals surface area contributed by atoms with Gasteiger partial charge in [-0.05, 0) is 17.7 Å². The Morgan fingerprint density at radius 3 is 2.59 bits per heavy atom. The molecular weight excluding hydrogens is 282 g/mol. The highest BCUT2D eigenvalue weighted by Crippen LogP contribution is 2.31. The lowest BCUT2D eigenvalue weighted by Crippen LogP contribution is -2.30. The maximum absolute atomic E-state index is 11.9. The minimum atomic E-state index is -0.341. The smallest absolute Gasteiger partial charge is 0.220 e. The number of aryl methyl sites for hydroxylation is 1. The first-order valence-corrected chi connectivity index (χ1v) is 7.09. The van der Waals surface area contributed by atoms with Crippen molar-refractivity contribution in [3.8, 4) is 11.5 Å². The van der Waals surface area contributed by atoms with Crippen LogP contribution in [-0.2, 0) is 11.8 Å². The lowest BCUT2D eigenvalue weighted by molar-refractivity contribution is -0.121. The van der Waals surface area contributed by atoms with Crippen molar-refractivity contribution in [1.82, 2.24) is 14.9 Å². The van der Waals surface area contributed by atoms with Gasteiger partial charge < -0.3 is 19.4 Å². The van der Waals surface area contributed by atoms with Crippen LogP contribution in [0.25, 0.3) is 0 Å². The Balaban J connectivity index is 2.45. The highest BCUT2D eigenvalue weighted by atomic mass is 16.5. The summed E-state index contributed by atoms with van der Waals surface area (Å²) in [5, 5.41) is 3.00. The van der Waals surface area contributed by atoms with Crippen LogP contribution >= 0.6 is 0 Å². The Morgan fingerprint density at radius 1 is 1.32 bits per heavy atom. The summed E-state index contributed by atoms with van der Waals surface area (Å²) < 4.78 is 12.5. The number of hydrogen-bond donors (Lipinski definition) is 1. The van der Waals surface area contributed by atoms with Gasteiger partial charge in [-0.1, -0.05) is 13.0 Å². The van der Waals surface area contributed by atoms with Gasteiger partial charge in [0, 0.05) is 25.9 Å². The molecule has 1 aromatic heterocycles. The number of imidazole rings is 1. The quantitative estimate of drug-likeness (QED) is 0.887. The maximum Gasteiger partial charge on any atom is 0.220 e. The summed E-state index contributed by atoms with van der Waals surface area (Å²) in [5.41, 5.74) is 0.883. The van der Waals surface area contributed by atoms with E-state index < -0.39 is 0 Å². The van der Waals surface area contributed by atoms with E-state index in [1.54, 1.807) is 20.4 Å². The average Bonchev–Trinajstić information content (AvgIpc) is 2.97. The number of carbonyl (C=O) groups excluding carboxylic acids is 1. The monoisotopic (exact) mass is 303 g/mol. The third kappa shape index (κ3) is 3.21. The molecule has 0 saturated heterocycles. The summed E-state index contributed by atoms with van der Waals surface area (Å²) in [6.07, 6.45) is 3.97. The third-order valence-corrected chi connectivity index (χ3v) is 3.48. The number of hydrogen-bond acceptors (Lipinski definition) is 4. The van der Waals surface area contributed by atoms with Crippen molar-refractivity contribution in [3.63, 3.8) is 0 Å². The molecule has 0 radical (unpaired) electrons. The van der Waals surface area contributed by atoms with E-state index in [0.717, 1.165) is 11.4 Å². The van der Waals surface area contributed by atoms with Crippen molar-refractivity contribution < 1.29 is 14.3 Å². The van der Waals surface area contributed by atoms with Gasteiger partial charge in [0.1, 0.15) is 11.9 Å². The number of methoxy groups -OCH3 is 2. The molecule has 1 atom stereocenters. The molecule has 0 bridgehead atoms. The van der Waals surface area contributed by atoms with Gasteiger partial charge in [-0.15, -0.1) is 0 Å². The predicted molar refractivity (Wildman–Crippen MR) is 83.0 cm³/mol. The fourth-order valence-electron chi connectivity index (χ4n) is 2.25. The molecule has 1 heterocycles. The molecule has 1 N–H and O–H groups in total. The molecule has 2 aromatic rings. The van der Waals surface area contributed by atoms with Crippen LogP contribution in [0.5, 0.6) is 11.5 Å². The Labute approximate surface area is 130 Å². The summed E-state index contributed by atoms with van der Waals surface area (Å²) in [6, 6.07) is 5.24. The fraction of sp³-hybridized carbons (Fsp3) is 0.375. The van der Waals surface area contributed by atoms with Gasteiger partial charge in [-0.3, -0.25) is 4.79 Å². The highest BCUT2D eigenvalue weighted by Gasteiger charge is 2.21. The largest absolute Gasteiger partial charge is 0.493 e. The molecule has 0 aliphatic carbocycles. The highest BCUT2D eigenvalue weighted by molar-refractivity contribution is 5.76. The molecule has 0 aliphatic rings. The van der Waals surface area contributed by atoms with Crippen molar-refractivity contribution in [2.45, 2.75) is 19.4 Å². The van der Waals surface area contributed by atoms with Gasteiger partial charge in [0.2, 0.25) is 5.91 Å². The van der Waals surface area contributed by atoms with E-state index in [2.05, 4.69) is 10.3 Å².